The Labute approximate surface area is 77.8 Å². The topological polar surface area (TPSA) is 80.5 Å². The summed E-state index contributed by atoms with van der Waals surface area (Å²) in [5, 5.41) is 0. The molecule has 13 heavy (non-hydrogen) atoms. The van der Waals surface area contributed by atoms with Gasteiger partial charge in [-0.3, -0.25) is 4.79 Å². The van der Waals surface area contributed by atoms with Gasteiger partial charge in [-0.1, -0.05) is 0 Å². The molecule has 0 radical (unpaired) electrons. The molecule has 0 bridgehead atoms. The molecule has 1 heterocycles. The average molecular weight is 206 g/mol. The summed E-state index contributed by atoms with van der Waals surface area (Å²) in [7, 11) is -3.21. The predicted octanol–water partition coefficient (Wildman–Crippen LogP) is -1.41. The molecule has 5 nitrogen and oxygen atoms in total. The maximum Gasteiger partial charge on any atom is 0.237 e. The second-order valence-corrected chi connectivity index (χ2v) is 5.60. The molecule has 0 aromatic rings. The van der Waals surface area contributed by atoms with Crippen molar-refractivity contribution in [2.24, 2.45) is 5.73 Å². The minimum absolute atomic E-state index is 0.00325. The SMILES string of the molecule is CS(=O)(=O)CC(=O)N1CC[C@H](N)C1. The molecule has 1 amide bonds. The van der Waals surface area contributed by atoms with Crippen LogP contribution in [0.5, 0.6) is 0 Å². The van der Waals surface area contributed by atoms with E-state index in [1.54, 1.807) is 0 Å². The zero-order chi connectivity index (χ0) is 10.1. The predicted molar refractivity (Wildman–Crippen MR) is 48.9 cm³/mol. The van der Waals surface area contributed by atoms with Gasteiger partial charge in [-0.25, -0.2) is 8.42 Å². The van der Waals surface area contributed by atoms with Crippen LogP contribution in [0.25, 0.3) is 0 Å². The van der Waals surface area contributed by atoms with Gasteiger partial charge in [-0.15, -0.1) is 0 Å². The lowest BCUT2D eigenvalue weighted by Crippen LogP contribution is -2.35. The van der Waals surface area contributed by atoms with Gasteiger partial charge in [0, 0.05) is 25.4 Å². The van der Waals surface area contributed by atoms with Gasteiger partial charge in [0.05, 0.1) is 0 Å². The first kappa shape index (κ1) is 10.5. The fraction of sp³-hybridized carbons (Fsp3) is 0.857. The van der Waals surface area contributed by atoms with E-state index in [0.29, 0.717) is 13.1 Å². The van der Waals surface area contributed by atoms with Gasteiger partial charge in [0.25, 0.3) is 0 Å². The van der Waals surface area contributed by atoms with Crippen LogP contribution in [0.3, 0.4) is 0 Å². The van der Waals surface area contributed by atoms with Gasteiger partial charge in [0.1, 0.15) is 5.75 Å². The number of likely N-dealkylation sites (tertiary alicyclic amines) is 1. The Morgan fingerprint density at radius 1 is 1.62 bits per heavy atom. The van der Waals surface area contributed by atoms with Crippen molar-refractivity contribution in [1.29, 1.82) is 0 Å². The Balaban J connectivity index is 2.50. The second-order valence-electron chi connectivity index (χ2n) is 3.46. The van der Waals surface area contributed by atoms with Crippen LogP contribution < -0.4 is 5.73 Å². The van der Waals surface area contributed by atoms with E-state index in [1.165, 1.54) is 4.90 Å². The lowest BCUT2D eigenvalue weighted by molar-refractivity contribution is -0.127. The van der Waals surface area contributed by atoms with E-state index in [2.05, 4.69) is 0 Å². The van der Waals surface area contributed by atoms with Crippen LogP contribution in [0, 0.1) is 0 Å². The van der Waals surface area contributed by atoms with Crippen molar-refractivity contribution in [2.45, 2.75) is 12.5 Å². The Morgan fingerprint density at radius 2 is 2.23 bits per heavy atom. The molecule has 0 unspecified atom stereocenters. The van der Waals surface area contributed by atoms with E-state index in [9.17, 15) is 13.2 Å². The van der Waals surface area contributed by atoms with Crippen molar-refractivity contribution in [3.63, 3.8) is 0 Å². The summed E-state index contributed by atoms with van der Waals surface area (Å²) >= 11 is 0. The van der Waals surface area contributed by atoms with E-state index in [4.69, 9.17) is 5.73 Å². The van der Waals surface area contributed by atoms with Gasteiger partial charge in [0.15, 0.2) is 9.84 Å². The first-order valence-electron chi connectivity index (χ1n) is 4.09. The molecule has 6 heteroatoms. The summed E-state index contributed by atoms with van der Waals surface area (Å²) in [6, 6.07) is 0.00325. The fourth-order valence-corrected chi connectivity index (χ4v) is 1.96. The maximum absolute atomic E-state index is 11.3. The Morgan fingerprint density at radius 3 is 2.62 bits per heavy atom. The summed E-state index contributed by atoms with van der Waals surface area (Å²) in [4.78, 5) is 12.8. The average Bonchev–Trinajstić information content (AvgIpc) is 2.31. The van der Waals surface area contributed by atoms with Gasteiger partial charge in [-0.05, 0) is 6.42 Å². The Hall–Kier alpha value is -0.620. The van der Waals surface area contributed by atoms with E-state index < -0.39 is 15.6 Å². The monoisotopic (exact) mass is 206 g/mol. The zero-order valence-corrected chi connectivity index (χ0v) is 8.38. The van der Waals surface area contributed by atoms with Crippen molar-refractivity contribution in [3.05, 3.63) is 0 Å². The molecular formula is C7H14N2O3S. The quantitative estimate of drug-likeness (QED) is 0.602. The molecule has 0 aliphatic carbocycles. The normalized spacial score (nSPS) is 23.5. The number of hydrogen-bond donors (Lipinski definition) is 1. The van der Waals surface area contributed by atoms with Crippen molar-refractivity contribution >= 4 is 15.7 Å². The molecule has 0 spiro atoms. The first-order chi connectivity index (χ1) is 5.88. The van der Waals surface area contributed by atoms with Crippen LogP contribution in [-0.2, 0) is 14.6 Å². The standard InChI is InChI=1S/C7H14N2O3S/c1-13(11,12)5-7(10)9-3-2-6(8)4-9/h6H,2-5,8H2,1H3/t6-/m0/s1. The van der Waals surface area contributed by atoms with Crippen LogP contribution in [0.4, 0.5) is 0 Å². The van der Waals surface area contributed by atoms with Gasteiger partial charge < -0.3 is 10.6 Å². The number of rotatable bonds is 2. The number of sulfone groups is 1. The summed E-state index contributed by atoms with van der Waals surface area (Å²) in [5.41, 5.74) is 5.58. The van der Waals surface area contributed by atoms with Crippen molar-refractivity contribution in [1.82, 2.24) is 4.90 Å². The largest absolute Gasteiger partial charge is 0.340 e. The Kier molecular flexibility index (Phi) is 2.92. The lowest BCUT2D eigenvalue weighted by atomic mass is 10.3. The third-order valence-electron chi connectivity index (χ3n) is 1.96. The smallest absolute Gasteiger partial charge is 0.237 e. The highest BCUT2D eigenvalue weighted by atomic mass is 32.2. The fourth-order valence-electron chi connectivity index (χ4n) is 1.33. The van der Waals surface area contributed by atoms with E-state index in [1.807, 2.05) is 0 Å². The highest BCUT2D eigenvalue weighted by Crippen LogP contribution is 2.07. The van der Waals surface area contributed by atoms with Crippen LogP contribution in [0.2, 0.25) is 0 Å². The summed E-state index contributed by atoms with van der Waals surface area (Å²) in [5.74, 6) is -0.741. The molecule has 0 aromatic heterocycles. The van der Waals surface area contributed by atoms with Crippen LogP contribution >= 0.6 is 0 Å². The second kappa shape index (κ2) is 3.63. The van der Waals surface area contributed by atoms with Gasteiger partial charge in [0.2, 0.25) is 5.91 Å². The molecule has 1 aliphatic rings. The molecule has 0 saturated carbocycles. The van der Waals surface area contributed by atoms with Gasteiger partial charge in [-0.2, -0.15) is 0 Å². The molecule has 1 atom stereocenters. The highest BCUT2D eigenvalue weighted by Gasteiger charge is 2.25. The molecular weight excluding hydrogens is 192 g/mol. The first-order valence-corrected chi connectivity index (χ1v) is 6.15. The van der Waals surface area contributed by atoms with Crippen molar-refractivity contribution in [3.8, 4) is 0 Å². The lowest BCUT2D eigenvalue weighted by Gasteiger charge is -2.14. The number of nitrogens with two attached hydrogens (primary N) is 1. The third kappa shape index (κ3) is 3.31. The van der Waals surface area contributed by atoms with E-state index >= 15 is 0 Å². The molecule has 76 valence electrons. The number of carbonyl (C=O) groups excluding carboxylic acids is 1. The van der Waals surface area contributed by atoms with E-state index in [-0.39, 0.29) is 11.9 Å². The molecule has 1 rings (SSSR count). The number of amides is 1. The van der Waals surface area contributed by atoms with Crippen LogP contribution in [0.15, 0.2) is 0 Å². The molecule has 2 N–H and O–H groups in total. The Bertz CT molecular complexity index is 299. The van der Waals surface area contributed by atoms with Gasteiger partial charge >= 0.3 is 0 Å². The van der Waals surface area contributed by atoms with Crippen LogP contribution in [-0.4, -0.2) is 50.4 Å². The highest BCUT2D eigenvalue weighted by molar-refractivity contribution is 7.91. The minimum atomic E-state index is -3.21. The zero-order valence-electron chi connectivity index (χ0n) is 7.56. The van der Waals surface area contributed by atoms with E-state index in [0.717, 1.165) is 12.7 Å². The summed E-state index contributed by atoms with van der Waals surface area (Å²) in [6.07, 6.45) is 1.82. The molecule has 1 fully saturated rings. The van der Waals surface area contributed by atoms with Crippen molar-refractivity contribution in [2.75, 3.05) is 25.1 Å². The minimum Gasteiger partial charge on any atom is -0.340 e. The van der Waals surface area contributed by atoms with Crippen LogP contribution in [0.1, 0.15) is 6.42 Å². The number of carbonyl (C=O) groups is 1. The summed E-state index contributed by atoms with van der Waals surface area (Å²) < 4.78 is 21.6. The molecule has 1 aliphatic heterocycles. The number of hydrogen-bond acceptors (Lipinski definition) is 4. The molecule has 1 saturated heterocycles. The van der Waals surface area contributed by atoms with Crippen molar-refractivity contribution < 1.29 is 13.2 Å². The maximum atomic E-state index is 11.3. The third-order valence-corrected chi connectivity index (χ3v) is 2.73. The number of nitrogens with zero attached hydrogens (tertiary/aromatic N) is 1. The summed E-state index contributed by atoms with van der Waals surface area (Å²) in [6.45, 7) is 1.06. The molecule has 0 aromatic carbocycles.